The van der Waals surface area contributed by atoms with E-state index in [0.717, 1.165) is 40.8 Å². The fraction of sp³-hybridized carbons (Fsp3) is 0.125. The zero-order valence-electron chi connectivity index (χ0n) is 10.6. The van der Waals surface area contributed by atoms with Gasteiger partial charge in [0.15, 0.2) is 5.15 Å². The number of ether oxygens (including phenoxy) is 1. The van der Waals surface area contributed by atoms with Gasteiger partial charge in [0.2, 0.25) is 0 Å². The molecule has 0 unspecified atom stereocenters. The Bertz CT molecular complexity index is 817. The molecule has 0 bridgehead atoms. The number of fused-ring (bicyclic) bond motifs is 2. The van der Waals surface area contributed by atoms with Gasteiger partial charge in [0.1, 0.15) is 11.4 Å². The summed E-state index contributed by atoms with van der Waals surface area (Å²) < 4.78 is 5.54. The molecule has 0 aliphatic carbocycles. The summed E-state index contributed by atoms with van der Waals surface area (Å²) in [7, 11) is 0. The molecule has 0 saturated carbocycles. The van der Waals surface area contributed by atoms with Gasteiger partial charge in [0.25, 0.3) is 0 Å². The van der Waals surface area contributed by atoms with Crippen molar-refractivity contribution in [2.45, 2.75) is 6.42 Å². The fourth-order valence-electron chi connectivity index (χ4n) is 2.62. The molecule has 98 valence electrons. The second kappa shape index (κ2) is 4.46. The Morgan fingerprint density at radius 2 is 1.85 bits per heavy atom. The number of hydrogen-bond acceptors (Lipinski definition) is 3. The molecular formula is C16H11ClN2O. The fourth-order valence-corrected chi connectivity index (χ4v) is 2.82. The lowest BCUT2D eigenvalue weighted by Gasteiger charge is -2.07. The SMILES string of the molecule is Clc1nnc(-c2ccc3c(c2)CCO3)c2ccccc12. The first-order valence-corrected chi connectivity index (χ1v) is 6.88. The molecular weight excluding hydrogens is 272 g/mol. The lowest BCUT2D eigenvalue weighted by atomic mass is 10.0. The molecule has 2 heterocycles. The highest BCUT2D eigenvalue weighted by Gasteiger charge is 2.15. The Morgan fingerprint density at radius 3 is 2.75 bits per heavy atom. The van der Waals surface area contributed by atoms with Gasteiger partial charge in [-0.2, -0.15) is 0 Å². The highest BCUT2D eigenvalue weighted by atomic mass is 35.5. The molecule has 0 N–H and O–H groups in total. The monoisotopic (exact) mass is 282 g/mol. The standard InChI is InChI=1S/C16H11ClN2O/c17-16-13-4-2-1-3-12(13)15(18-19-16)11-5-6-14-10(9-11)7-8-20-14/h1-6,9H,7-8H2. The summed E-state index contributed by atoms with van der Waals surface area (Å²) in [5.41, 5.74) is 3.14. The summed E-state index contributed by atoms with van der Waals surface area (Å²) in [5, 5.41) is 10.7. The smallest absolute Gasteiger partial charge is 0.159 e. The molecule has 1 aliphatic rings. The van der Waals surface area contributed by atoms with Gasteiger partial charge in [-0.1, -0.05) is 35.9 Å². The van der Waals surface area contributed by atoms with Crippen LogP contribution in [0, 0.1) is 0 Å². The van der Waals surface area contributed by atoms with Crippen molar-refractivity contribution < 1.29 is 4.74 Å². The maximum atomic E-state index is 6.12. The molecule has 4 rings (SSSR count). The van der Waals surface area contributed by atoms with Crippen LogP contribution in [0.3, 0.4) is 0 Å². The second-order valence-electron chi connectivity index (χ2n) is 4.81. The number of aromatic nitrogens is 2. The summed E-state index contributed by atoms with van der Waals surface area (Å²) >= 11 is 6.12. The first-order valence-electron chi connectivity index (χ1n) is 6.50. The Hall–Kier alpha value is -2.13. The maximum Gasteiger partial charge on any atom is 0.159 e. The summed E-state index contributed by atoms with van der Waals surface area (Å²) in [5.74, 6) is 0.972. The molecule has 0 fully saturated rings. The van der Waals surface area contributed by atoms with Crippen LogP contribution in [0.15, 0.2) is 42.5 Å². The van der Waals surface area contributed by atoms with Crippen LogP contribution < -0.4 is 4.74 Å². The van der Waals surface area contributed by atoms with E-state index in [1.165, 1.54) is 5.56 Å². The minimum atomic E-state index is 0.439. The van der Waals surface area contributed by atoms with Gasteiger partial charge in [0.05, 0.1) is 6.61 Å². The van der Waals surface area contributed by atoms with E-state index in [4.69, 9.17) is 16.3 Å². The van der Waals surface area contributed by atoms with Crippen molar-refractivity contribution in [1.29, 1.82) is 0 Å². The van der Waals surface area contributed by atoms with Crippen LogP contribution in [0.4, 0.5) is 0 Å². The van der Waals surface area contributed by atoms with Gasteiger partial charge in [-0.05, 0) is 23.8 Å². The number of benzene rings is 2. The van der Waals surface area contributed by atoms with Gasteiger partial charge >= 0.3 is 0 Å². The van der Waals surface area contributed by atoms with Crippen LogP contribution in [0.25, 0.3) is 22.0 Å². The molecule has 0 saturated heterocycles. The third kappa shape index (κ3) is 1.74. The zero-order chi connectivity index (χ0) is 13.5. The van der Waals surface area contributed by atoms with E-state index in [1.54, 1.807) is 0 Å². The highest BCUT2D eigenvalue weighted by molar-refractivity contribution is 6.34. The number of nitrogens with zero attached hydrogens (tertiary/aromatic N) is 2. The summed E-state index contributed by atoms with van der Waals surface area (Å²) in [4.78, 5) is 0. The largest absolute Gasteiger partial charge is 0.493 e. The van der Waals surface area contributed by atoms with Crippen LogP contribution >= 0.6 is 11.6 Å². The van der Waals surface area contributed by atoms with Gasteiger partial charge in [-0.25, -0.2) is 0 Å². The summed E-state index contributed by atoms with van der Waals surface area (Å²) in [6, 6.07) is 14.1. The van der Waals surface area contributed by atoms with E-state index in [-0.39, 0.29) is 0 Å². The van der Waals surface area contributed by atoms with Crippen molar-refractivity contribution in [2.24, 2.45) is 0 Å². The normalized spacial score (nSPS) is 13.2. The van der Waals surface area contributed by atoms with E-state index in [1.807, 2.05) is 36.4 Å². The molecule has 0 atom stereocenters. The predicted octanol–water partition coefficient (Wildman–Crippen LogP) is 3.89. The van der Waals surface area contributed by atoms with Crippen LogP contribution in [0.1, 0.15) is 5.56 Å². The van der Waals surface area contributed by atoms with Gasteiger partial charge in [-0.15, -0.1) is 10.2 Å². The molecule has 20 heavy (non-hydrogen) atoms. The van der Waals surface area contributed by atoms with E-state index >= 15 is 0 Å². The molecule has 3 aromatic rings. The van der Waals surface area contributed by atoms with E-state index in [0.29, 0.717) is 5.15 Å². The number of rotatable bonds is 1. The average molecular weight is 283 g/mol. The quantitative estimate of drug-likeness (QED) is 0.679. The van der Waals surface area contributed by atoms with Crippen molar-refractivity contribution in [1.82, 2.24) is 10.2 Å². The van der Waals surface area contributed by atoms with Crippen molar-refractivity contribution in [3.63, 3.8) is 0 Å². The molecule has 0 radical (unpaired) electrons. The lowest BCUT2D eigenvalue weighted by Crippen LogP contribution is -1.92. The first-order chi connectivity index (χ1) is 9.83. The van der Waals surface area contributed by atoms with Gasteiger partial charge < -0.3 is 4.74 Å². The third-order valence-corrected chi connectivity index (χ3v) is 3.88. The Labute approximate surface area is 121 Å². The van der Waals surface area contributed by atoms with Crippen LogP contribution in [0.2, 0.25) is 5.15 Å². The average Bonchev–Trinajstić information content (AvgIpc) is 2.95. The Kier molecular flexibility index (Phi) is 2.60. The van der Waals surface area contributed by atoms with Crippen molar-refractivity contribution in [3.05, 3.63) is 53.2 Å². The Morgan fingerprint density at radius 1 is 1.00 bits per heavy atom. The minimum absolute atomic E-state index is 0.439. The lowest BCUT2D eigenvalue weighted by molar-refractivity contribution is 0.357. The third-order valence-electron chi connectivity index (χ3n) is 3.61. The van der Waals surface area contributed by atoms with Gasteiger partial charge in [0, 0.05) is 22.8 Å². The van der Waals surface area contributed by atoms with E-state index in [2.05, 4.69) is 16.3 Å². The summed E-state index contributed by atoms with van der Waals surface area (Å²) in [6.45, 7) is 0.756. The van der Waals surface area contributed by atoms with Crippen LogP contribution in [-0.2, 0) is 6.42 Å². The highest BCUT2D eigenvalue weighted by Crippen LogP contribution is 2.33. The topological polar surface area (TPSA) is 35.0 Å². The van der Waals surface area contributed by atoms with E-state index < -0.39 is 0 Å². The van der Waals surface area contributed by atoms with Crippen LogP contribution in [0.5, 0.6) is 5.75 Å². The van der Waals surface area contributed by atoms with Crippen molar-refractivity contribution in [3.8, 4) is 17.0 Å². The summed E-state index contributed by atoms with van der Waals surface area (Å²) in [6.07, 6.45) is 0.947. The molecule has 0 amide bonds. The van der Waals surface area contributed by atoms with Crippen molar-refractivity contribution >= 4 is 22.4 Å². The van der Waals surface area contributed by atoms with Crippen molar-refractivity contribution in [2.75, 3.05) is 6.61 Å². The first kappa shape index (κ1) is 11.7. The zero-order valence-corrected chi connectivity index (χ0v) is 11.4. The number of halogens is 1. The molecule has 2 aromatic carbocycles. The maximum absolute atomic E-state index is 6.12. The molecule has 4 heteroatoms. The minimum Gasteiger partial charge on any atom is -0.493 e. The molecule has 1 aromatic heterocycles. The van der Waals surface area contributed by atoms with Gasteiger partial charge in [-0.3, -0.25) is 0 Å². The van der Waals surface area contributed by atoms with E-state index in [9.17, 15) is 0 Å². The molecule has 1 aliphatic heterocycles. The number of hydrogen-bond donors (Lipinski definition) is 0. The Balaban J connectivity index is 1.97. The molecule has 3 nitrogen and oxygen atoms in total. The predicted molar refractivity (Wildman–Crippen MR) is 79.2 cm³/mol. The van der Waals surface area contributed by atoms with Crippen LogP contribution in [-0.4, -0.2) is 16.8 Å². The second-order valence-corrected chi connectivity index (χ2v) is 5.16. The molecule has 0 spiro atoms.